The number of likely N-dealkylation sites (tertiary alicyclic amines) is 1. The first-order chi connectivity index (χ1) is 9.93. The van der Waals surface area contributed by atoms with E-state index in [0.717, 1.165) is 38.1 Å². The normalized spacial score (nSPS) is 21.8. The van der Waals surface area contributed by atoms with Crippen LogP contribution >= 0.6 is 0 Å². The molecule has 2 rings (SSSR count). The van der Waals surface area contributed by atoms with Crippen molar-refractivity contribution in [2.75, 3.05) is 33.7 Å². The lowest BCUT2D eigenvalue weighted by atomic mass is 9.98. The van der Waals surface area contributed by atoms with Crippen molar-refractivity contribution in [1.82, 2.24) is 9.80 Å². The third-order valence-corrected chi connectivity index (χ3v) is 4.21. The number of hydrogen-bond donors (Lipinski definition) is 1. The van der Waals surface area contributed by atoms with E-state index in [1.807, 2.05) is 14.1 Å². The minimum atomic E-state index is -1.43. The van der Waals surface area contributed by atoms with Gasteiger partial charge in [0.25, 0.3) is 0 Å². The summed E-state index contributed by atoms with van der Waals surface area (Å²) in [5.74, 6) is -3.76. The molecule has 1 aromatic rings. The van der Waals surface area contributed by atoms with Gasteiger partial charge in [0.05, 0.1) is 0 Å². The van der Waals surface area contributed by atoms with Gasteiger partial charge in [0, 0.05) is 25.2 Å². The molecule has 0 aliphatic carbocycles. The van der Waals surface area contributed by atoms with Crippen LogP contribution < -0.4 is 5.73 Å². The summed E-state index contributed by atoms with van der Waals surface area (Å²) in [7, 11) is 4.03. The van der Waals surface area contributed by atoms with Gasteiger partial charge in [-0.15, -0.1) is 0 Å². The number of likely N-dealkylation sites (N-methyl/N-ethyl adjacent to an activating group) is 1. The molecule has 0 bridgehead atoms. The predicted octanol–water partition coefficient (Wildman–Crippen LogP) is 2.13. The fraction of sp³-hybridized carbons (Fsp3) is 0.600. The van der Waals surface area contributed by atoms with Crippen molar-refractivity contribution >= 4 is 0 Å². The molecule has 118 valence electrons. The van der Waals surface area contributed by atoms with E-state index in [0.29, 0.717) is 11.6 Å². The summed E-state index contributed by atoms with van der Waals surface area (Å²) in [6, 6.07) is 2.20. The van der Waals surface area contributed by atoms with E-state index in [2.05, 4.69) is 9.80 Å². The molecule has 0 amide bonds. The van der Waals surface area contributed by atoms with Crippen molar-refractivity contribution in [3.63, 3.8) is 0 Å². The molecular weight excluding hydrogens is 279 g/mol. The highest BCUT2D eigenvalue weighted by atomic mass is 19.2. The molecule has 1 fully saturated rings. The second-order valence-corrected chi connectivity index (χ2v) is 5.80. The lowest BCUT2D eigenvalue weighted by Crippen LogP contribution is -2.47. The van der Waals surface area contributed by atoms with E-state index < -0.39 is 17.5 Å². The van der Waals surface area contributed by atoms with Crippen LogP contribution in [-0.4, -0.2) is 49.6 Å². The van der Waals surface area contributed by atoms with Gasteiger partial charge in [-0.25, -0.2) is 13.2 Å². The Kier molecular flexibility index (Phi) is 5.24. The molecule has 2 atom stereocenters. The third-order valence-electron chi connectivity index (χ3n) is 4.21. The first-order valence-corrected chi connectivity index (χ1v) is 7.19. The van der Waals surface area contributed by atoms with Crippen LogP contribution in [0.15, 0.2) is 12.1 Å². The second-order valence-electron chi connectivity index (χ2n) is 5.80. The topological polar surface area (TPSA) is 32.5 Å². The van der Waals surface area contributed by atoms with Gasteiger partial charge >= 0.3 is 0 Å². The maximum atomic E-state index is 13.4. The van der Waals surface area contributed by atoms with Crippen LogP contribution in [0.4, 0.5) is 13.2 Å². The molecule has 0 saturated carbocycles. The summed E-state index contributed by atoms with van der Waals surface area (Å²) >= 11 is 0. The largest absolute Gasteiger partial charge is 0.329 e. The van der Waals surface area contributed by atoms with E-state index in [9.17, 15) is 13.2 Å². The van der Waals surface area contributed by atoms with Crippen LogP contribution in [-0.2, 0) is 0 Å². The van der Waals surface area contributed by atoms with Gasteiger partial charge in [-0.2, -0.15) is 0 Å². The maximum Gasteiger partial charge on any atom is 0.194 e. The van der Waals surface area contributed by atoms with E-state index in [1.165, 1.54) is 0 Å². The number of nitrogens with two attached hydrogens (primary N) is 1. The Morgan fingerprint density at radius 1 is 1.29 bits per heavy atom. The minimum absolute atomic E-state index is 0.241. The van der Waals surface area contributed by atoms with Crippen molar-refractivity contribution in [2.45, 2.75) is 24.9 Å². The second kappa shape index (κ2) is 6.77. The fourth-order valence-electron chi connectivity index (χ4n) is 2.95. The first kappa shape index (κ1) is 16.3. The van der Waals surface area contributed by atoms with Gasteiger partial charge in [0.15, 0.2) is 17.5 Å². The van der Waals surface area contributed by atoms with Crippen molar-refractivity contribution < 1.29 is 13.2 Å². The van der Waals surface area contributed by atoms with Crippen LogP contribution in [0.5, 0.6) is 0 Å². The van der Waals surface area contributed by atoms with E-state index in [-0.39, 0.29) is 12.6 Å². The number of hydrogen-bond acceptors (Lipinski definition) is 3. The zero-order valence-corrected chi connectivity index (χ0v) is 12.5. The van der Waals surface area contributed by atoms with Gasteiger partial charge in [-0.3, -0.25) is 4.90 Å². The molecule has 2 unspecified atom stereocenters. The van der Waals surface area contributed by atoms with Gasteiger partial charge < -0.3 is 10.6 Å². The van der Waals surface area contributed by atoms with Crippen molar-refractivity contribution in [2.24, 2.45) is 5.73 Å². The number of halogens is 3. The molecule has 1 aliphatic rings. The summed E-state index contributed by atoms with van der Waals surface area (Å²) in [5.41, 5.74) is 6.20. The summed E-state index contributed by atoms with van der Waals surface area (Å²) < 4.78 is 39.9. The van der Waals surface area contributed by atoms with Crippen LogP contribution in [0.1, 0.15) is 24.4 Å². The highest BCUT2D eigenvalue weighted by Gasteiger charge is 2.28. The molecule has 1 aliphatic heterocycles. The Morgan fingerprint density at radius 2 is 1.90 bits per heavy atom. The van der Waals surface area contributed by atoms with Gasteiger partial charge in [0.2, 0.25) is 0 Å². The summed E-state index contributed by atoms with van der Waals surface area (Å²) in [4.78, 5) is 4.27. The average molecular weight is 301 g/mol. The molecule has 2 N–H and O–H groups in total. The summed E-state index contributed by atoms with van der Waals surface area (Å²) in [6.45, 7) is 1.85. The van der Waals surface area contributed by atoms with Crippen LogP contribution in [0.25, 0.3) is 0 Å². The molecule has 3 nitrogen and oxygen atoms in total. The Balaban J connectivity index is 2.23. The zero-order chi connectivity index (χ0) is 15.6. The van der Waals surface area contributed by atoms with E-state index in [4.69, 9.17) is 5.73 Å². The van der Waals surface area contributed by atoms with Crippen LogP contribution in [0.3, 0.4) is 0 Å². The Hall–Kier alpha value is -1.11. The average Bonchev–Trinajstić information content (AvgIpc) is 2.45. The van der Waals surface area contributed by atoms with Gasteiger partial charge in [0.1, 0.15) is 0 Å². The molecule has 1 aromatic carbocycles. The standard InChI is InChI=1S/C15H22F3N3/c1-20(2)11-4-3-5-21(9-11)14(8-19)10-6-12(16)15(18)13(17)7-10/h6-7,11,14H,3-5,8-9,19H2,1-2H3. The Morgan fingerprint density at radius 3 is 2.43 bits per heavy atom. The van der Waals surface area contributed by atoms with Crippen LogP contribution in [0.2, 0.25) is 0 Å². The molecule has 1 saturated heterocycles. The Labute approximate surface area is 123 Å². The monoisotopic (exact) mass is 301 g/mol. The number of benzene rings is 1. The zero-order valence-electron chi connectivity index (χ0n) is 12.5. The fourth-order valence-corrected chi connectivity index (χ4v) is 2.95. The highest BCUT2D eigenvalue weighted by Crippen LogP contribution is 2.27. The van der Waals surface area contributed by atoms with Gasteiger partial charge in [-0.1, -0.05) is 0 Å². The summed E-state index contributed by atoms with van der Waals surface area (Å²) in [5, 5.41) is 0. The lowest BCUT2D eigenvalue weighted by Gasteiger charge is -2.40. The molecule has 0 spiro atoms. The molecular formula is C15H22F3N3. The maximum absolute atomic E-state index is 13.4. The third kappa shape index (κ3) is 3.56. The highest BCUT2D eigenvalue weighted by molar-refractivity contribution is 5.23. The van der Waals surface area contributed by atoms with Crippen molar-refractivity contribution in [3.8, 4) is 0 Å². The first-order valence-electron chi connectivity index (χ1n) is 7.19. The Bertz CT molecular complexity index is 470. The molecule has 21 heavy (non-hydrogen) atoms. The van der Waals surface area contributed by atoms with Gasteiger partial charge in [-0.05, 0) is 51.2 Å². The molecule has 6 heteroatoms. The lowest BCUT2D eigenvalue weighted by molar-refractivity contribution is 0.0981. The van der Waals surface area contributed by atoms with E-state index in [1.54, 1.807) is 0 Å². The van der Waals surface area contributed by atoms with E-state index >= 15 is 0 Å². The molecule has 1 heterocycles. The summed E-state index contributed by atoms with van der Waals surface area (Å²) in [6.07, 6.45) is 2.10. The predicted molar refractivity (Wildman–Crippen MR) is 76.4 cm³/mol. The van der Waals surface area contributed by atoms with Crippen molar-refractivity contribution in [1.29, 1.82) is 0 Å². The van der Waals surface area contributed by atoms with Crippen molar-refractivity contribution in [3.05, 3.63) is 35.1 Å². The number of piperidine rings is 1. The molecule has 0 radical (unpaired) electrons. The molecule has 0 aromatic heterocycles. The minimum Gasteiger partial charge on any atom is -0.329 e. The number of nitrogens with zero attached hydrogens (tertiary/aromatic N) is 2. The number of rotatable bonds is 4. The van der Waals surface area contributed by atoms with Crippen LogP contribution in [0, 0.1) is 17.5 Å². The smallest absolute Gasteiger partial charge is 0.194 e. The quantitative estimate of drug-likeness (QED) is 0.865. The SMILES string of the molecule is CN(C)C1CCCN(C(CN)c2cc(F)c(F)c(F)c2)C1.